The van der Waals surface area contributed by atoms with Crippen molar-refractivity contribution in [1.82, 2.24) is 15.0 Å². The van der Waals surface area contributed by atoms with E-state index in [0.717, 1.165) is 25.7 Å². The van der Waals surface area contributed by atoms with Gasteiger partial charge in [0.15, 0.2) is 15.6 Å². The number of amides is 1. The number of nitrogens with zero attached hydrogens (tertiary/aromatic N) is 1. The van der Waals surface area contributed by atoms with Gasteiger partial charge in [0.25, 0.3) is 5.89 Å². The Hall–Kier alpha value is -2.80. The van der Waals surface area contributed by atoms with Crippen molar-refractivity contribution in [3.63, 3.8) is 0 Å². The number of nitrogens with one attached hydrogen (secondary N) is 2. The van der Waals surface area contributed by atoms with E-state index in [1.165, 1.54) is 6.42 Å². The molecular weight excluding hydrogens is 590 g/mol. The molecule has 1 aromatic heterocycles. The Bertz CT molecular complexity index is 1700. The Morgan fingerprint density at radius 3 is 2.35 bits per heavy atom. The second-order valence-corrected chi connectivity index (χ2v) is 17.0. The molecule has 0 radical (unpaired) electrons. The first kappa shape index (κ1) is 31.6. The molecule has 43 heavy (non-hydrogen) atoms. The highest BCUT2D eigenvalue weighted by Gasteiger charge is 2.36. The maximum Gasteiger partial charge on any atom is 0.307 e. The maximum atomic E-state index is 13.3. The fourth-order valence-corrected chi connectivity index (χ4v) is 9.26. The van der Waals surface area contributed by atoms with E-state index in [-0.39, 0.29) is 41.7 Å². The summed E-state index contributed by atoms with van der Waals surface area (Å²) >= 11 is 0. The minimum Gasteiger partial charge on any atom is -0.432 e. The summed E-state index contributed by atoms with van der Waals surface area (Å²) in [6.07, 6.45) is 6.29. The Morgan fingerprint density at radius 2 is 1.70 bits per heavy atom. The van der Waals surface area contributed by atoms with Gasteiger partial charge < -0.3 is 14.8 Å². The van der Waals surface area contributed by atoms with Crippen LogP contribution in [0.4, 0.5) is 0 Å². The maximum absolute atomic E-state index is 13.3. The van der Waals surface area contributed by atoms with Crippen LogP contribution in [-0.4, -0.2) is 62.0 Å². The highest BCUT2D eigenvalue weighted by Crippen LogP contribution is 2.37. The molecule has 0 unspecified atom stereocenters. The first-order valence-corrected chi connectivity index (χ1v) is 18.2. The van der Waals surface area contributed by atoms with Gasteiger partial charge in [-0.1, -0.05) is 56.4 Å². The van der Waals surface area contributed by atoms with Crippen LogP contribution in [0.5, 0.6) is 0 Å². The van der Waals surface area contributed by atoms with Crippen molar-refractivity contribution in [1.29, 1.82) is 0 Å². The van der Waals surface area contributed by atoms with E-state index in [2.05, 4.69) is 15.0 Å². The van der Waals surface area contributed by atoms with E-state index in [0.29, 0.717) is 40.1 Å². The highest BCUT2D eigenvalue weighted by atomic mass is 32.2. The van der Waals surface area contributed by atoms with Crippen molar-refractivity contribution in [2.45, 2.75) is 88.2 Å². The third-order valence-electron chi connectivity index (χ3n) is 8.29. The lowest BCUT2D eigenvalue weighted by atomic mass is 9.85. The molecule has 0 bridgehead atoms. The Balaban J connectivity index is 1.50. The molecule has 1 aliphatic heterocycles. The number of aliphatic hydroxyl groups is 1. The molecule has 2 heterocycles. The topological polar surface area (TPSA) is 156 Å². The van der Waals surface area contributed by atoms with Crippen LogP contribution in [0.1, 0.15) is 82.1 Å². The Morgan fingerprint density at radius 1 is 1.05 bits per heavy atom. The quantitative estimate of drug-likeness (QED) is 0.331. The highest BCUT2D eigenvalue weighted by molar-refractivity contribution is 7.91. The van der Waals surface area contributed by atoms with Gasteiger partial charge in [-0.2, -0.15) is 0 Å². The SMILES string of the molecule is CC(C)(C)NS(=O)(=O)c1ccc(-c2oc(C(=O)NCC3(O)CCS(=O)(=O)CC3)nc2CC2CCCCC2)c2ccccc12. The van der Waals surface area contributed by atoms with Gasteiger partial charge in [-0.3, -0.25) is 4.79 Å². The summed E-state index contributed by atoms with van der Waals surface area (Å²) in [4.78, 5) is 18.0. The van der Waals surface area contributed by atoms with Crippen LogP contribution in [0.2, 0.25) is 0 Å². The van der Waals surface area contributed by atoms with Gasteiger partial charge in [-0.15, -0.1) is 0 Å². The molecule has 1 saturated heterocycles. The molecule has 5 rings (SSSR count). The van der Waals surface area contributed by atoms with Gasteiger partial charge in [0.05, 0.1) is 27.7 Å². The molecule has 0 spiro atoms. The number of hydrogen-bond acceptors (Lipinski definition) is 8. The number of benzene rings is 2. The number of sulfonamides is 1. The lowest BCUT2D eigenvalue weighted by molar-refractivity contribution is 0.0291. The minimum absolute atomic E-state index is 0.0463. The molecule has 2 fully saturated rings. The van der Waals surface area contributed by atoms with Crippen LogP contribution in [-0.2, 0) is 26.3 Å². The van der Waals surface area contributed by atoms with E-state index in [1.807, 2.05) is 12.1 Å². The van der Waals surface area contributed by atoms with Crippen molar-refractivity contribution in [2.24, 2.45) is 5.92 Å². The number of oxazole rings is 1. The smallest absolute Gasteiger partial charge is 0.307 e. The predicted octanol–water partition coefficient (Wildman–Crippen LogP) is 4.36. The van der Waals surface area contributed by atoms with Crippen LogP contribution in [0.3, 0.4) is 0 Å². The fourth-order valence-electron chi connectivity index (χ4n) is 6.04. The molecule has 10 nitrogen and oxygen atoms in total. The van der Waals surface area contributed by atoms with Crippen LogP contribution in [0, 0.1) is 5.92 Å². The third-order valence-corrected chi connectivity index (χ3v) is 11.8. The summed E-state index contributed by atoms with van der Waals surface area (Å²) in [5.41, 5.74) is -0.718. The normalized spacial score (nSPS) is 19.3. The van der Waals surface area contributed by atoms with Crippen molar-refractivity contribution in [3.05, 3.63) is 48.0 Å². The zero-order valence-electron chi connectivity index (χ0n) is 25.0. The molecule has 1 aliphatic carbocycles. The molecular formula is C31H41N3O7S2. The minimum atomic E-state index is -3.84. The van der Waals surface area contributed by atoms with Gasteiger partial charge >= 0.3 is 5.91 Å². The lowest BCUT2D eigenvalue weighted by Gasteiger charge is -2.31. The van der Waals surface area contributed by atoms with E-state index in [9.17, 15) is 26.7 Å². The monoisotopic (exact) mass is 631 g/mol. The molecule has 3 aromatic rings. The van der Waals surface area contributed by atoms with E-state index >= 15 is 0 Å². The standard InChI is InChI=1S/C31H41N3O7S2/c1-30(2,3)34-43(39,40)26-14-13-24(22-11-7-8-12-23(22)26)27-25(19-21-9-5-4-6-10-21)33-29(41-27)28(35)32-20-31(36)15-17-42(37,38)18-16-31/h7-8,11-14,21,34,36H,4-6,9-10,15-20H2,1-3H3,(H,32,35). The average Bonchev–Trinajstić information content (AvgIpc) is 3.36. The number of carbonyl (C=O) groups excluding carboxylic acids is 1. The van der Waals surface area contributed by atoms with Gasteiger partial charge in [0, 0.05) is 23.0 Å². The number of rotatable bonds is 8. The summed E-state index contributed by atoms with van der Waals surface area (Å²) in [5.74, 6) is -0.197. The van der Waals surface area contributed by atoms with Crippen LogP contribution < -0.4 is 10.0 Å². The second-order valence-electron chi connectivity index (χ2n) is 13.1. The molecule has 234 valence electrons. The zero-order valence-corrected chi connectivity index (χ0v) is 26.6. The predicted molar refractivity (Wildman–Crippen MR) is 165 cm³/mol. The number of carbonyl (C=O) groups is 1. The molecule has 0 atom stereocenters. The Kier molecular flexibility index (Phi) is 8.78. The van der Waals surface area contributed by atoms with Crippen LogP contribution in [0.15, 0.2) is 45.7 Å². The summed E-state index contributed by atoms with van der Waals surface area (Å²) < 4.78 is 59.2. The van der Waals surface area contributed by atoms with Crippen LogP contribution >= 0.6 is 0 Å². The van der Waals surface area contributed by atoms with Crippen molar-refractivity contribution in [3.8, 4) is 11.3 Å². The summed E-state index contributed by atoms with van der Waals surface area (Å²) in [6.45, 7) is 5.24. The molecule has 2 aliphatic rings. The van der Waals surface area contributed by atoms with E-state index in [4.69, 9.17) is 4.42 Å². The van der Waals surface area contributed by atoms with Crippen molar-refractivity contribution in [2.75, 3.05) is 18.1 Å². The summed E-state index contributed by atoms with van der Waals surface area (Å²) in [7, 11) is -7.01. The lowest BCUT2D eigenvalue weighted by Crippen LogP contribution is -2.48. The van der Waals surface area contributed by atoms with Gasteiger partial charge in [-0.25, -0.2) is 26.5 Å². The number of aromatic nitrogens is 1. The number of hydrogen-bond donors (Lipinski definition) is 3. The molecule has 3 N–H and O–H groups in total. The zero-order chi connectivity index (χ0) is 31.0. The van der Waals surface area contributed by atoms with E-state index < -0.39 is 36.9 Å². The Labute approximate surface area is 253 Å². The largest absolute Gasteiger partial charge is 0.432 e. The van der Waals surface area contributed by atoms with Gasteiger partial charge in [0.1, 0.15) is 0 Å². The van der Waals surface area contributed by atoms with Gasteiger partial charge in [0.2, 0.25) is 10.0 Å². The average molecular weight is 632 g/mol. The molecule has 1 amide bonds. The second kappa shape index (κ2) is 11.9. The molecule has 1 saturated carbocycles. The summed E-state index contributed by atoms with van der Waals surface area (Å²) in [6, 6.07) is 10.5. The molecule has 2 aromatic carbocycles. The third kappa shape index (κ3) is 7.47. The summed E-state index contributed by atoms with van der Waals surface area (Å²) in [5, 5.41) is 14.7. The number of sulfone groups is 1. The molecule has 12 heteroatoms. The number of fused-ring (bicyclic) bond motifs is 1. The van der Waals surface area contributed by atoms with Gasteiger partial charge in [-0.05, 0) is 63.5 Å². The van der Waals surface area contributed by atoms with E-state index in [1.54, 1.807) is 45.0 Å². The van der Waals surface area contributed by atoms with Crippen LogP contribution in [0.25, 0.3) is 22.1 Å². The van der Waals surface area contributed by atoms with Crippen molar-refractivity contribution >= 4 is 36.5 Å². The fraction of sp³-hybridized carbons (Fsp3) is 0.548. The first-order valence-electron chi connectivity index (χ1n) is 14.9. The van der Waals surface area contributed by atoms with Crippen molar-refractivity contribution < 1.29 is 31.2 Å². The first-order chi connectivity index (χ1) is 20.1.